The smallest absolute Gasteiger partial charge is 0.314 e. The number of anilines is 1. The van der Waals surface area contributed by atoms with Crippen LogP contribution < -0.4 is 9.64 Å². The fourth-order valence-corrected chi connectivity index (χ4v) is 3.42. The van der Waals surface area contributed by atoms with Crippen molar-refractivity contribution in [1.29, 1.82) is 0 Å². The lowest BCUT2D eigenvalue weighted by molar-refractivity contribution is -0.139. The summed E-state index contributed by atoms with van der Waals surface area (Å²) < 4.78 is 7.20. The summed E-state index contributed by atoms with van der Waals surface area (Å²) in [7, 11) is 0. The molecule has 4 rings (SSSR count). The molecule has 0 unspecified atom stereocenters. The first-order valence-corrected chi connectivity index (χ1v) is 9.12. The molecule has 0 N–H and O–H groups in total. The quantitative estimate of drug-likeness (QED) is 0.519. The van der Waals surface area contributed by atoms with Gasteiger partial charge in [-0.2, -0.15) is 0 Å². The van der Waals surface area contributed by atoms with Gasteiger partial charge in [-0.15, -0.1) is 14.8 Å². The zero-order valence-corrected chi connectivity index (χ0v) is 15.7. The Morgan fingerprint density at radius 2 is 1.81 bits per heavy atom. The number of esters is 1. The number of carbonyl (C=O) groups excluding carboxylic acids is 1. The fourth-order valence-electron chi connectivity index (χ4n) is 3.42. The number of ether oxygens (including phenoxy) is 1. The molecule has 8 nitrogen and oxygen atoms in total. The van der Waals surface area contributed by atoms with Crippen LogP contribution in [0.25, 0.3) is 5.65 Å². The van der Waals surface area contributed by atoms with Crippen molar-refractivity contribution in [2.45, 2.75) is 33.6 Å². The number of tetrazole rings is 1. The molecule has 0 atom stereocenters. The van der Waals surface area contributed by atoms with Crippen LogP contribution in [0.2, 0.25) is 0 Å². The molecule has 1 aliphatic rings. The molecule has 0 bridgehead atoms. The molecule has 140 valence electrons. The van der Waals surface area contributed by atoms with Gasteiger partial charge in [0.2, 0.25) is 0 Å². The SMILES string of the molecule is Cc1ccc(C)c(OC(=O)C2CCN(c3ccc4nnnn4n3)CC2)c1C. The molecule has 0 amide bonds. The molecule has 1 aliphatic heterocycles. The van der Waals surface area contributed by atoms with E-state index in [0.717, 1.165) is 48.4 Å². The number of rotatable bonds is 3. The van der Waals surface area contributed by atoms with Gasteiger partial charge in [0, 0.05) is 13.1 Å². The second-order valence-electron chi connectivity index (χ2n) is 7.05. The summed E-state index contributed by atoms with van der Waals surface area (Å²) >= 11 is 0. The van der Waals surface area contributed by atoms with Crippen molar-refractivity contribution in [3.63, 3.8) is 0 Å². The predicted molar refractivity (Wildman–Crippen MR) is 99.8 cm³/mol. The van der Waals surface area contributed by atoms with Crippen LogP contribution in [0.15, 0.2) is 24.3 Å². The Bertz CT molecular complexity index is 991. The summed E-state index contributed by atoms with van der Waals surface area (Å²) in [6, 6.07) is 7.79. The first kappa shape index (κ1) is 17.4. The van der Waals surface area contributed by atoms with Gasteiger partial charge in [0.05, 0.1) is 5.92 Å². The highest BCUT2D eigenvalue weighted by molar-refractivity contribution is 5.76. The molecule has 1 aromatic carbocycles. The van der Waals surface area contributed by atoms with Crippen molar-refractivity contribution >= 4 is 17.4 Å². The topological polar surface area (TPSA) is 85.5 Å². The summed E-state index contributed by atoms with van der Waals surface area (Å²) in [6.45, 7) is 7.48. The van der Waals surface area contributed by atoms with Crippen LogP contribution >= 0.6 is 0 Å². The number of hydrogen-bond acceptors (Lipinski definition) is 7. The zero-order valence-electron chi connectivity index (χ0n) is 15.7. The third-order valence-electron chi connectivity index (χ3n) is 5.28. The van der Waals surface area contributed by atoms with Crippen LogP contribution in [0.1, 0.15) is 29.5 Å². The molecule has 3 heterocycles. The van der Waals surface area contributed by atoms with Gasteiger partial charge in [0.1, 0.15) is 5.75 Å². The first-order chi connectivity index (χ1) is 13.0. The maximum Gasteiger partial charge on any atom is 0.314 e. The third-order valence-corrected chi connectivity index (χ3v) is 5.28. The minimum atomic E-state index is -0.143. The van der Waals surface area contributed by atoms with Gasteiger partial charge in [0.15, 0.2) is 11.5 Å². The summed E-state index contributed by atoms with van der Waals surface area (Å²) in [5, 5.41) is 15.7. The van der Waals surface area contributed by atoms with Crippen molar-refractivity contribution in [2.75, 3.05) is 18.0 Å². The Hall–Kier alpha value is -3.03. The van der Waals surface area contributed by atoms with E-state index in [1.54, 1.807) is 0 Å². The van der Waals surface area contributed by atoms with Gasteiger partial charge in [-0.1, -0.05) is 12.1 Å². The molecule has 0 spiro atoms. The average molecular weight is 366 g/mol. The van der Waals surface area contributed by atoms with Gasteiger partial charge in [-0.3, -0.25) is 4.79 Å². The molecule has 0 radical (unpaired) electrons. The Morgan fingerprint density at radius 3 is 2.59 bits per heavy atom. The third kappa shape index (κ3) is 3.34. The minimum Gasteiger partial charge on any atom is -0.426 e. The Balaban J connectivity index is 1.41. The van der Waals surface area contributed by atoms with E-state index in [9.17, 15) is 4.79 Å². The normalized spacial score (nSPS) is 15.3. The number of benzene rings is 1. The molecule has 1 fully saturated rings. The van der Waals surface area contributed by atoms with Gasteiger partial charge in [-0.05, 0) is 72.9 Å². The number of aryl methyl sites for hydroxylation is 2. The van der Waals surface area contributed by atoms with E-state index in [1.165, 1.54) is 4.63 Å². The van der Waals surface area contributed by atoms with Gasteiger partial charge in [-0.25, -0.2) is 0 Å². The zero-order chi connectivity index (χ0) is 19.0. The lowest BCUT2D eigenvalue weighted by Crippen LogP contribution is -2.38. The monoisotopic (exact) mass is 366 g/mol. The van der Waals surface area contributed by atoms with Crippen LogP contribution in [-0.2, 0) is 4.79 Å². The fraction of sp³-hybridized carbons (Fsp3) is 0.421. The van der Waals surface area contributed by atoms with Gasteiger partial charge in [0.25, 0.3) is 0 Å². The summed E-state index contributed by atoms with van der Waals surface area (Å²) in [5.41, 5.74) is 3.76. The van der Waals surface area contributed by atoms with E-state index in [4.69, 9.17) is 4.74 Å². The predicted octanol–water partition coefficient (Wildman–Crippen LogP) is 2.27. The number of nitrogens with zero attached hydrogens (tertiary/aromatic N) is 6. The highest BCUT2D eigenvalue weighted by Crippen LogP contribution is 2.29. The Morgan fingerprint density at radius 1 is 1.07 bits per heavy atom. The number of fused-ring (bicyclic) bond motifs is 1. The molecular weight excluding hydrogens is 344 g/mol. The largest absolute Gasteiger partial charge is 0.426 e. The van der Waals surface area contributed by atoms with E-state index in [0.29, 0.717) is 11.4 Å². The van der Waals surface area contributed by atoms with Crippen molar-refractivity contribution in [2.24, 2.45) is 5.92 Å². The number of carbonyl (C=O) groups is 1. The number of hydrogen-bond donors (Lipinski definition) is 0. The maximum atomic E-state index is 12.7. The van der Waals surface area contributed by atoms with Crippen molar-refractivity contribution < 1.29 is 9.53 Å². The van der Waals surface area contributed by atoms with Crippen LogP contribution in [0, 0.1) is 26.7 Å². The van der Waals surface area contributed by atoms with Crippen LogP contribution in [-0.4, -0.2) is 44.3 Å². The summed E-state index contributed by atoms with van der Waals surface area (Å²) in [4.78, 5) is 14.8. The van der Waals surface area contributed by atoms with Crippen LogP contribution in [0.4, 0.5) is 5.82 Å². The van der Waals surface area contributed by atoms with E-state index < -0.39 is 0 Å². The highest BCUT2D eigenvalue weighted by atomic mass is 16.5. The molecule has 0 aliphatic carbocycles. The van der Waals surface area contributed by atoms with E-state index in [1.807, 2.05) is 39.0 Å². The highest BCUT2D eigenvalue weighted by Gasteiger charge is 2.28. The van der Waals surface area contributed by atoms with Gasteiger partial charge < -0.3 is 9.64 Å². The number of aromatic nitrogens is 5. The second-order valence-corrected chi connectivity index (χ2v) is 7.05. The average Bonchev–Trinajstić information content (AvgIpc) is 3.16. The lowest BCUT2D eigenvalue weighted by atomic mass is 9.97. The first-order valence-electron chi connectivity index (χ1n) is 9.12. The maximum absolute atomic E-state index is 12.7. The minimum absolute atomic E-state index is 0.0997. The van der Waals surface area contributed by atoms with Gasteiger partial charge >= 0.3 is 5.97 Å². The molecule has 8 heteroatoms. The summed E-state index contributed by atoms with van der Waals surface area (Å²) in [6.07, 6.45) is 1.47. The molecule has 1 saturated heterocycles. The molecule has 0 saturated carbocycles. The van der Waals surface area contributed by atoms with E-state index in [2.05, 4.69) is 31.6 Å². The number of piperidine rings is 1. The molecular formula is C19H22N6O2. The molecule has 27 heavy (non-hydrogen) atoms. The van der Waals surface area contributed by atoms with Crippen molar-refractivity contribution in [3.05, 3.63) is 41.0 Å². The molecule has 2 aromatic heterocycles. The second kappa shape index (κ2) is 6.94. The summed E-state index contributed by atoms with van der Waals surface area (Å²) in [5.74, 6) is 1.27. The van der Waals surface area contributed by atoms with Crippen LogP contribution in [0.3, 0.4) is 0 Å². The van der Waals surface area contributed by atoms with E-state index >= 15 is 0 Å². The van der Waals surface area contributed by atoms with Crippen LogP contribution in [0.5, 0.6) is 5.75 Å². The Labute approximate surface area is 157 Å². The van der Waals surface area contributed by atoms with Crippen molar-refractivity contribution in [1.82, 2.24) is 25.3 Å². The van der Waals surface area contributed by atoms with Crippen molar-refractivity contribution in [3.8, 4) is 5.75 Å². The standard InChI is InChI=1S/C19H22N6O2/c1-12-4-5-13(2)18(14(12)3)27-19(26)15-8-10-24(11-9-15)17-7-6-16-20-22-23-25(16)21-17/h4-7,15H,8-11H2,1-3H3. The lowest BCUT2D eigenvalue weighted by Gasteiger charge is -2.31. The Kier molecular flexibility index (Phi) is 4.47. The van der Waals surface area contributed by atoms with E-state index in [-0.39, 0.29) is 11.9 Å². The molecule has 3 aromatic rings.